The first-order valence-corrected chi connectivity index (χ1v) is 13.2. The van der Waals surface area contributed by atoms with Crippen LogP contribution in [0, 0.1) is 12.8 Å². The summed E-state index contributed by atoms with van der Waals surface area (Å²) in [6.45, 7) is 4.52. The van der Waals surface area contributed by atoms with Crippen molar-refractivity contribution in [2.45, 2.75) is 69.2 Å². The third kappa shape index (κ3) is 3.78. The van der Waals surface area contributed by atoms with E-state index in [2.05, 4.69) is 9.55 Å². The number of sulfonamides is 1. The number of rotatable bonds is 4. The highest BCUT2D eigenvalue weighted by molar-refractivity contribution is 7.89. The first-order chi connectivity index (χ1) is 14.9. The van der Waals surface area contributed by atoms with Crippen LogP contribution in [0.4, 0.5) is 0 Å². The number of benzene rings is 1. The van der Waals surface area contributed by atoms with Crippen molar-refractivity contribution in [2.24, 2.45) is 5.92 Å². The van der Waals surface area contributed by atoms with Crippen LogP contribution in [0.5, 0.6) is 0 Å². The second-order valence-corrected chi connectivity index (χ2v) is 11.3. The average molecular weight is 445 g/mol. The Morgan fingerprint density at radius 2 is 1.65 bits per heavy atom. The van der Waals surface area contributed by atoms with Crippen molar-refractivity contribution < 1.29 is 13.2 Å². The molecule has 3 fully saturated rings. The Morgan fingerprint density at radius 3 is 2.32 bits per heavy atom. The zero-order valence-electron chi connectivity index (χ0n) is 18.3. The molecular weight excluding hydrogens is 412 g/mol. The van der Waals surface area contributed by atoms with Gasteiger partial charge in [0, 0.05) is 38.1 Å². The Labute approximate surface area is 184 Å². The van der Waals surface area contributed by atoms with Gasteiger partial charge in [0.05, 0.1) is 15.9 Å². The van der Waals surface area contributed by atoms with Crippen molar-refractivity contribution in [1.82, 2.24) is 18.8 Å². The molecule has 31 heavy (non-hydrogen) atoms. The fraction of sp³-hybridized carbons (Fsp3) is 0.652. The van der Waals surface area contributed by atoms with Crippen LogP contribution in [0.25, 0.3) is 11.0 Å². The molecule has 1 aromatic carbocycles. The lowest BCUT2D eigenvalue weighted by Crippen LogP contribution is -2.43. The molecule has 0 spiro atoms. The summed E-state index contributed by atoms with van der Waals surface area (Å²) in [7, 11) is -3.59. The number of hydrogen-bond acceptors (Lipinski definition) is 4. The molecule has 2 saturated heterocycles. The Hall–Kier alpha value is -1.93. The van der Waals surface area contributed by atoms with Gasteiger partial charge in [-0.25, -0.2) is 13.4 Å². The molecule has 0 radical (unpaired) electrons. The normalized spacial score (nSPS) is 22.0. The quantitative estimate of drug-likeness (QED) is 0.724. The number of fused-ring (bicyclic) bond motifs is 1. The predicted octanol–water partition coefficient (Wildman–Crippen LogP) is 3.48. The third-order valence-corrected chi connectivity index (χ3v) is 9.28. The number of piperidine rings is 1. The van der Waals surface area contributed by atoms with Gasteiger partial charge in [-0.15, -0.1) is 0 Å². The van der Waals surface area contributed by atoms with Crippen molar-refractivity contribution >= 4 is 27.0 Å². The van der Waals surface area contributed by atoms with Crippen LogP contribution in [-0.2, 0) is 14.8 Å². The van der Waals surface area contributed by atoms with Gasteiger partial charge in [0.25, 0.3) is 0 Å². The van der Waals surface area contributed by atoms with Crippen LogP contribution >= 0.6 is 0 Å². The van der Waals surface area contributed by atoms with E-state index in [0.717, 1.165) is 55.6 Å². The highest BCUT2D eigenvalue weighted by Crippen LogP contribution is 2.34. The molecule has 0 N–H and O–H groups in total. The summed E-state index contributed by atoms with van der Waals surface area (Å²) in [5.41, 5.74) is 1.78. The molecule has 7 nitrogen and oxygen atoms in total. The highest BCUT2D eigenvalue weighted by atomic mass is 32.2. The highest BCUT2D eigenvalue weighted by Gasteiger charge is 2.34. The van der Waals surface area contributed by atoms with Crippen LogP contribution in [0.1, 0.15) is 63.2 Å². The van der Waals surface area contributed by atoms with E-state index in [1.54, 1.807) is 16.4 Å². The lowest BCUT2D eigenvalue weighted by molar-refractivity contribution is -0.135. The number of carbonyl (C=O) groups excluding carboxylic acids is 1. The SMILES string of the molecule is Cc1nc2cc(S(=O)(=O)N3CCC(C(=O)N4CCCC4)CC3)ccc2n1C1CCCC1. The van der Waals surface area contributed by atoms with E-state index in [0.29, 0.717) is 36.9 Å². The van der Waals surface area contributed by atoms with Crippen molar-refractivity contribution in [3.8, 4) is 0 Å². The summed E-state index contributed by atoms with van der Waals surface area (Å²) in [5.74, 6) is 1.12. The van der Waals surface area contributed by atoms with E-state index in [4.69, 9.17) is 0 Å². The Bertz CT molecular complexity index is 1070. The van der Waals surface area contributed by atoms with Gasteiger partial charge in [0.15, 0.2) is 0 Å². The van der Waals surface area contributed by atoms with Gasteiger partial charge < -0.3 is 9.47 Å². The van der Waals surface area contributed by atoms with Crippen molar-refractivity contribution in [2.75, 3.05) is 26.2 Å². The molecule has 5 rings (SSSR count). The van der Waals surface area contributed by atoms with E-state index in [1.165, 1.54) is 12.8 Å². The topological polar surface area (TPSA) is 75.5 Å². The molecule has 2 aliphatic heterocycles. The Morgan fingerprint density at radius 1 is 0.968 bits per heavy atom. The molecule has 0 bridgehead atoms. The molecule has 0 atom stereocenters. The molecule has 0 unspecified atom stereocenters. The number of aryl methyl sites for hydroxylation is 1. The van der Waals surface area contributed by atoms with Crippen LogP contribution in [0.15, 0.2) is 23.1 Å². The minimum atomic E-state index is -3.59. The van der Waals surface area contributed by atoms with Crippen LogP contribution in [0.3, 0.4) is 0 Å². The van der Waals surface area contributed by atoms with Crippen LogP contribution < -0.4 is 0 Å². The largest absolute Gasteiger partial charge is 0.342 e. The van der Waals surface area contributed by atoms with E-state index in [-0.39, 0.29) is 11.8 Å². The number of imidazole rings is 1. The van der Waals surface area contributed by atoms with Gasteiger partial charge >= 0.3 is 0 Å². The summed E-state index contributed by atoms with van der Waals surface area (Å²) >= 11 is 0. The van der Waals surface area contributed by atoms with Gasteiger partial charge in [-0.2, -0.15) is 4.31 Å². The minimum absolute atomic E-state index is 0.0446. The maximum Gasteiger partial charge on any atom is 0.243 e. The second kappa shape index (κ2) is 8.20. The molecule has 8 heteroatoms. The van der Waals surface area contributed by atoms with Gasteiger partial charge in [0.1, 0.15) is 5.82 Å². The first kappa shape index (κ1) is 20.9. The molecule has 1 aromatic heterocycles. The summed E-state index contributed by atoms with van der Waals surface area (Å²) in [6.07, 6.45) is 8.18. The molecule has 1 aliphatic carbocycles. The van der Waals surface area contributed by atoms with Crippen LogP contribution in [0.2, 0.25) is 0 Å². The molecule has 168 valence electrons. The van der Waals surface area contributed by atoms with Gasteiger partial charge in [-0.3, -0.25) is 4.79 Å². The Kier molecular flexibility index (Phi) is 5.54. The molecular formula is C23H32N4O3S. The Balaban J connectivity index is 1.33. The summed E-state index contributed by atoms with van der Waals surface area (Å²) in [6, 6.07) is 5.85. The molecule has 1 amide bonds. The third-order valence-electron chi connectivity index (χ3n) is 7.39. The van der Waals surface area contributed by atoms with Gasteiger partial charge in [-0.05, 0) is 63.6 Å². The van der Waals surface area contributed by atoms with E-state index < -0.39 is 10.0 Å². The number of nitrogens with zero attached hydrogens (tertiary/aromatic N) is 4. The zero-order valence-corrected chi connectivity index (χ0v) is 19.1. The molecule has 3 heterocycles. The molecule has 2 aromatic rings. The number of carbonyl (C=O) groups is 1. The fourth-order valence-electron chi connectivity index (χ4n) is 5.67. The monoisotopic (exact) mass is 444 g/mol. The van der Waals surface area contributed by atoms with Crippen molar-refractivity contribution in [3.63, 3.8) is 0 Å². The first-order valence-electron chi connectivity index (χ1n) is 11.7. The molecule has 1 saturated carbocycles. The van der Waals surface area contributed by atoms with E-state index in [1.807, 2.05) is 17.9 Å². The maximum absolute atomic E-state index is 13.3. The summed E-state index contributed by atoms with van der Waals surface area (Å²) < 4.78 is 30.4. The van der Waals surface area contributed by atoms with Crippen molar-refractivity contribution in [3.05, 3.63) is 24.0 Å². The summed E-state index contributed by atoms with van der Waals surface area (Å²) in [4.78, 5) is 19.6. The fourth-order valence-corrected chi connectivity index (χ4v) is 7.16. The predicted molar refractivity (Wildman–Crippen MR) is 119 cm³/mol. The van der Waals surface area contributed by atoms with Crippen LogP contribution in [-0.4, -0.2) is 59.3 Å². The number of aromatic nitrogens is 2. The lowest BCUT2D eigenvalue weighted by Gasteiger charge is -2.32. The zero-order chi connectivity index (χ0) is 21.6. The minimum Gasteiger partial charge on any atom is -0.342 e. The van der Waals surface area contributed by atoms with E-state index in [9.17, 15) is 13.2 Å². The second-order valence-electron chi connectivity index (χ2n) is 9.33. The van der Waals surface area contributed by atoms with Gasteiger partial charge in [-0.1, -0.05) is 12.8 Å². The van der Waals surface area contributed by atoms with E-state index >= 15 is 0 Å². The number of likely N-dealkylation sites (tertiary alicyclic amines) is 1. The average Bonchev–Trinajstić information content (AvgIpc) is 3.53. The molecule has 3 aliphatic rings. The smallest absolute Gasteiger partial charge is 0.243 e. The lowest BCUT2D eigenvalue weighted by atomic mass is 9.97. The maximum atomic E-state index is 13.3. The standard InChI is InChI=1S/C23H32N4O3S/c1-17-24-21-16-20(8-9-22(21)27(17)19-6-2-3-7-19)31(29,30)26-14-10-18(11-15-26)23(28)25-12-4-5-13-25/h8-9,16,18-19H,2-7,10-15H2,1H3. The number of hydrogen-bond donors (Lipinski definition) is 0. The van der Waals surface area contributed by atoms with Gasteiger partial charge in [0.2, 0.25) is 15.9 Å². The number of amides is 1. The summed E-state index contributed by atoms with van der Waals surface area (Å²) in [5, 5.41) is 0. The van der Waals surface area contributed by atoms with Crippen molar-refractivity contribution in [1.29, 1.82) is 0 Å².